The van der Waals surface area contributed by atoms with E-state index in [0.717, 1.165) is 74.5 Å². The maximum absolute atomic E-state index is 6.37. The zero-order valence-corrected chi connectivity index (χ0v) is 23.7. The third-order valence-electron chi connectivity index (χ3n) is 8.49. The molecule has 3 aliphatic rings. The molecule has 39 heavy (non-hydrogen) atoms. The number of halogens is 1. The Morgan fingerprint density at radius 3 is 2.67 bits per heavy atom. The molecule has 4 heterocycles. The van der Waals surface area contributed by atoms with Crippen LogP contribution in [0.15, 0.2) is 77.4 Å². The molecule has 7 rings (SSSR count). The lowest BCUT2D eigenvalue weighted by molar-refractivity contribution is 0.0940. The number of ether oxygens (including phenoxy) is 1. The number of hydrogen-bond donors (Lipinski definition) is 1. The third kappa shape index (κ3) is 5.11. The summed E-state index contributed by atoms with van der Waals surface area (Å²) in [5.74, 6) is 1.53. The predicted octanol–water partition coefficient (Wildman–Crippen LogP) is 6.07. The van der Waals surface area contributed by atoms with E-state index in [2.05, 4.69) is 96.6 Å². The molecule has 7 heteroatoms. The molecule has 0 spiro atoms. The Morgan fingerprint density at radius 1 is 0.949 bits per heavy atom. The standard InChI is InChI=1S/C32H34BrN5O/c33-26-7-9-27(10-8-26)38-16-14-36(15-17-38)20-24-18-25-21-37(22-39-32(25)31-29(24)5-3-12-34-31)13-11-23-19-35-30-6-2-1-4-28(23)30/h1-10,12,18,23,35H,11,13-17,19-22H2. The molecule has 0 saturated carbocycles. The monoisotopic (exact) mass is 583 g/mol. The van der Waals surface area contributed by atoms with E-state index in [1.165, 1.54) is 33.5 Å². The van der Waals surface area contributed by atoms with Gasteiger partial charge in [-0.2, -0.15) is 0 Å². The fraction of sp³-hybridized carbons (Fsp3) is 0.344. The summed E-state index contributed by atoms with van der Waals surface area (Å²) in [5, 5.41) is 4.78. The van der Waals surface area contributed by atoms with Gasteiger partial charge in [0.2, 0.25) is 0 Å². The normalized spacial score (nSPS) is 19.4. The second-order valence-corrected chi connectivity index (χ2v) is 11.9. The van der Waals surface area contributed by atoms with E-state index in [9.17, 15) is 0 Å². The Bertz CT molecular complexity index is 1470. The van der Waals surface area contributed by atoms with Crippen LogP contribution >= 0.6 is 15.9 Å². The topological polar surface area (TPSA) is 43.9 Å². The van der Waals surface area contributed by atoms with E-state index in [0.29, 0.717) is 12.6 Å². The van der Waals surface area contributed by atoms with Gasteiger partial charge in [-0.05, 0) is 60.0 Å². The summed E-state index contributed by atoms with van der Waals surface area (Å²) >= 11 is 3.55. The van der Waals surface area contributed by atoms with Gasteiger partial charge in [-0.15, -0.1) is 0 Å². The van der Waals surface area contributed by atoms with Gasteiger partial charge in [0.25, 0.3) is 0 Å². The molecule has 6 nitrogen and oxygen atoms in total. The first-order valence-electron chi connectivity index (χ1n) is 14.0. The van der Waals surface area contributed by atoms with E-state index in [-0.39, 0.29) is 0 Å². The minimum Gasteiger partial charge on any atom is -0.475 e. The fourth-order valence-corrected chi connectivity index (χ4v) is 6.62. The molecule has 0 amide bonds. The van der Waals surface area contributed by atoms with Crippen LogP contribution in [0.1, 0.15) is 29.0 Å². The van der Waals surface area contributed by atoms with Gasteiger partial charge in [-0.1, -0.05) is 40.2 Å². The summed E-state index contributed by atoms with van der Waals surface area (Å²) in [6.07, 6.45) is 3.02. The van der Waals surface area contributed by atoms with E-state index >= 15 is 0 Å². The van der Waals surface area contributed by atoms with Crippen molar-refractivity contribution in [3.05, 3.63) is 94.1 Å². The van der Waals surface area contributed by atoms with E-state index in [1.807, 2.05) is 12.3 Å². The zero-order chi connectivity index (χ0) is 26.2. The number of pyridine rings is 1. The molecule has 1 atom stereocenters. The van der Waals surface area contributed by atoms with Crippen LogP contribution in [0.25, 0.3) is 10.9 Å². The first-order chi connectivity index (χ1) is 19.2. The van der Waals surface area contributed by atoms with Crippen LogP contribution in [-0.2, 0) is 13.1 Å². The molecule has 1 unspecified atom stereocenters. The fourth-order valence-electron chi connectivity index (χ4n) is 6.36. The highest BCUT2D eigenvalue weighted by molar-refractivity contribution is 9.10. The smallest absolute Gasteiger partial charge is 0.152 e. The van der Waals surface area contributed by atoms with Gasteiger partial charge in [0.05, 0.1) is 0 Å². The summed E-state index contributed by atoms with van der Waals surface area (Å²) in [5.41, 5.74) is 7.67. The van der Waals surface area contributed by atoms with Gasteiger partial charge < -0.3 is 15.0 Å². The van der Waals surface area contributed by atoms with Gasteiger partial charge >= 0.3 is 0 Å². The number of anilines is 2. The SMILES string of the molecule is Brc1ccc(N2CCN(Cc3cc4c(c5ncccc35)OCN(CCC3CNc5ccccc53)C4)CC2)cc1. The van der Waals surface area contributed by atoms with Crippen LogP contribution in [0.4, 0.5) is 11.4 Å². The van der Waals surface area contributed by atoms with Gasteiger partial charge in [-0.25, -0.2) is 0 Å². The average molecular weight is 585 g/mol. The lowest BCUT2D eigenvalue weighted by Crippen LogP contribution is -2.46. The molecule has 1 N–H and O–H groups in total. The molecule has 3 aliphatic heterocycles. The minimum absolute atomic E-state index is 0.563. The molecule has 4 aromatic rings. The van der Waals surface area contributed by atoms with Crippen LogP contribution in [0.2, 0.25) is 0 Å². The van der Waals surface area contributed by atoms with Crippen molar-refractivity contribution in [2.45, 2.75) is 25.4 Å². The molecule has 0 radical (unpaired) electrons. The summed E-state index contributed by atoms with van der Waals surface area (Å²) in [6.45, 7) is 8.70. The minimum atomic E-state index is 0.563. The van der Waals surface area contributed by atoms with Crippen molar-refractivity contribution in [3.63, 3.8) is 0 Å². The summed E-state index contributed by atoms with van der Waals surface area (Å²) in [4.78, 5) is 12.3. The number of benzene rings is 3. The Hall–Kier alpha value is -3.13. The van der Waals surface area contributed by atoms with Crippen LogP contribution in [-0.4, -0.2) is 60.8 Å². The average Bonchev–Trinajstić information content (AvgIpc) is 3.40. The van der Waals surface area contributed by atoms with E-state index in [1.54, 1.807) is 0 Å². The summed E-state index contributed by atoms with van der Waals surface area (Å²) in [7, 11) is 0. The molecule has 0 bridgehead atoms. The van der Waals surface area contributed by atoms with Gasteiger partial charge in [0, 0.05) is 91.3 Å². The summed E-state index contributed by atoms with van der Waals surface area (Å²) in [6, 6.07) is 24.0. The number of nitrogens with zero attached hydrogens (tertiary/aromatic N) is 4. The van der Waals surface area contributed by atoms with E-state index in [4.69, 9.17) is 9.72 Å². The molecular formula is C32H34BrN5O. The van der Waals surface area contributed by atoms with Crippen molar-refractivity contribution in [2.75, 3.05) is 56.2 Å². The first-order valence-corrected chi connectivity index (χ1v) is 14.8. The highest BCUT2D eigenvalue weighted by Gasteiger charge is 2.26. The van der Waals surface area contributed by atoms with Crippen LogP contribution < -0.4 is 15.0 Å². The number of aromatic nitrogens is 1. The lowest BCUT2D eigenvalue weighted by Gasteiger charge is -2.36. The quantitative estimate of drug-likeness (QED) is 0.297. The van der Waals surface area contributed by atoms with Crippen molar-refractivity contribution in [3.8, 4) is 5.75 Å². The largest absolute Gasteiger partial charge is 0.475 e. The first kappa shape index (κ1) is 24.9. The Labute approximate surface area is 238 Å². The van der Waals surface area contributed by atoms with Crippen molar-refractivity contribution >= 4 is 38.2 Å². The molecule has 200 valence electrons. The molecule has 1 aromatic heterocycles. The number of para-hydroxylation sites is 1. The number of rotatable bonds is 6. The molecule has 0 aliphatic carbocycles. The van der Waals surface area contributed by atoms with Gasteiger partial charge in [-0.3, -0.25) is 14.8 Å². The molecule has 1 saturated heterocycles. The summed E-state index contributed by atoms with van der Waals surface area (Å²) < 4.78 is 7.50. The maximum Gasteiger partial charge on any atom is 0.152 e. The Balaban J connectivity index is 1.05. The number of hydrogen-bond acceptors (Lipinski definition) is 6. The number of fused-ring (bicyclic) bond motifs is 4. The van der Waals surface area contributed by atoms with Crippen molar-refractivity contribution in [2.24, 2.45) is 0 Å². The zero-order valence-electron chi connectivity index (χ0n) is 22.2. The van der Waals surface area contributed by atoms with Crippen LogP contribution in [0.5, 0.6) is 5.75 Å². The third-order valence-corrected chi connectivity index (χ3v) is 9.01. The number of nitrogens with one attached hydrogen (secondary N) is 1. The predicted molar refractivity (Wildman–Crippen MR) is 162 cm³/mol. The molecule has 3 aromatic carbocycles. The molecule has 1 fully saturated rings. The van der Waals surface area contributed by atoms with E-state index < -0.39 is 0 Å². The molecular weight excluding hydrogens is 550 g/mol. The maximum atomic E-state index is 6.37. The van der Waals surface area contributed by atoms with Gasteiger partial charge in [0.1, 0.15) is 12.2 Å². The second-order valence-electron chi connectivity index (χ2n) is 10.9. The van der Waals surface area contributed by atoms with Crippen molar-refractivity contribution in [1.29, 1.82) is 0 Å². The number of piperazine rings is 1. The Kier molecular flexibility index (Phi) is 6.89. The van der Waals surface area contributed by atoms with Gasteiger partial charge in [0.15, 0.2) is 5.75 Å². The van der Waals surface area contributed by atoms with Crippen LogP contribution in [0.3, 0.4) is 0 Å². The van der Waals surface area contributed by atoms with Crippen molar-refractivity contribution < 1.29 is 4.74 Å². The second kappa shape index (κ2) is 10.8. The highest BCUT2D eigenvalue weighted by atomic mass is 79.9. The Morgan fingerprint density at radius 2 is 1.79 bits per heavy atom. The highest BCUT2D eigenvalue weighted by Crippen LogP contribution is 2.37. The van der Waals surface area contributed by atoms with Crippen LogP contribution in [0, 0.1) is 0 Å². The lowest BCUT2D eigenvalue weighted by atomic mass is 9.97. The van der Waals surface area contributed by atoms with Crippen molar-refractivity contribution in [1.82, 2.24) is 14.8 Å².